The number of carboxylic acid groups (broad SMARTS) is 1. The van der Waals surface area contributed by atoms with Gasteiger partial charge in [0.2, 0.25) is 11.8 Å². The highest BCUT2D eigenvalue weighted by atomic mass is 19.1. The number of rotatable bonds is 9. The summed E-state index contributed by atoms with van der Waals surface area (Å²) in [7, 11) is 0. The van der Waals surface area contributed by atoms with Crippen molar-refractivity contribution in [2.24, 2.45) is 0 Å². The average Bonchev–Trinajstić information content (AvgIpc) is 2.60. The molecule has 0 saturated carbocycles. The van der Waals surface area contributed by atoms with Crippen LogP contribution < -0.4 is 16.2 Å². The van der Waals surface area contributed by atoms with Gasteiger partial charge in [-0.25, -0.2) is 4.39 Å². The number of hydrogen-bond acceptors (Lipinski definition) is 5. The average molecular weight is 369 g/mol. The van der Waals surface area contributed by atoms with Gasteiger partial charge >= 0.3 is 5.97 Å². The minimum atomic E-state index is -1.54. The smallest absolute Gasteiger partial charge is 0.305 e. The third-order valence-corrected chi connectivity index (χ3v) is 3.58. The van der Waals surface area contributed by atoms with Gasteiger partial charge in [0.05, 0.1) is 6.42 Å². The molecule has 3 N–H and O–H groups in total. The van der Waals surface area contributed by atoms with Crippen LogP contribution in [0.1, 0.15) is 32.7 Å². The van der Waals surface area contributed by atoms with E-state index in [0.717, 1.165) is 4.57 Å². The maximum absolute atomic E-state index is 12.5. The first kappa shape index (κ1) is 21.0. The Balaban J connectivity index is 3.02. The Labute approximate surface area is 148 Å². The van der Waals surface area contributed by atoms with E-state index >= 15 is 0 Å². The molecule has 2 atom stereocenters. The fourth-order valence-electron chi connectivity index (χ4n) is 2.08. The fraction of sp³-hybridized carbons (Fsp3) is 0.438. The Bertz CT molecular complexity index is 761. The predicted octanol–water partition coefficient (Wildman–Crippen LogP) is 0.256. The molecule has 142 valence electrons. The summed E-state index contributed by atoms with van der Waals surface area (Å²) in [5.74, 6) is -3.68. The number of halogens is 1. The van der Waals surface area contributed by atoms with E-state index in [1.807, 2.05) is 0 Å². The number of aliphatic carboxylic acids is 1. The van der Waals surface area contributed by atoms with Crippen LogP contribution in [-0.4, -0.2) is 46.0 Å². The van der Waals surface area contributed by atoms with E-state index in [1.54, 1.807) is 6.92 Å². The van der Waals surface area contributed by atoms with Crippen LogP contribution in [0.4, 0.5) is 10.1 Å². The third kappa shape index (κ3) is 5.50. The number of ketones is 1. The van der Waals surface area contributed by atoms with Crippen LogP contribution in [0.15, 0.2) is 23.1 Å². The van der Waals surface area contributed by atoms with Crippen molar-refractivity contribution in [3.05, 3.63) is 28.7 Å². The van der Waals surface area contributed by atoms with Gasteiger partial charge in [-0.2, -0.15) is 0 Å². The van der Waals surface area contributed by atoms with Crippen molar-refractivity contribution < 1.29 is 28.7 Å². The van der Waals surface area contributed by atoms with Gasteiger partial charge in [0.1, 0.15) is 24.4 Å². The number of alkyl halides is 1. The van der Waals surface area contributed by atoms with Crippen molar-refractivity contribution >= 4 is 29.3 Å². The highest BCUT2D eigenvalue weighted by Crippen LogP contribution is 2.08. The molecule has 9 nitrogen and oxygen atoms in total. The van der Waals surface area contributed by atoms with Crippen LogP contribution in [0.3, 0.4) is 0 Å². The van der Waals surface area contributed by atoms with Crippen molar-refractivity contribution in [2.75, 3.05) is 12.0 Å². The molecule has 0 fully saturated rings. The summed E-state index contributed by atoms with van der Waals surface area (Å²) in [6.07, 6.45) is 0.687. The summed E-state index contributed by atoms with van der Waals surface area (Å²) < 4.78 is 13.6. The first-order chi connectivity index (χ1) is 12.2. The lowest BCUT2D eigenvalue weighted by molar-refractivity contribution is -0.140. The molecule has 0 spiro atoms. The maximum Gasteiger partial charge on any atom is 0.305 e. The minimum Gasteiger partial charge on any atom is -0.481 e. The number of carboxylic acids is 1. The van der Waals surface area contributed by atoms with Crippen LogP contribution in [0.5, 0.6) is 0 Å². The summed E-state index contributed by atoms with van der Waals surface area (Å²) in [5, 5.41) is 13.3. The van der Waals surface area contributed by atoms with Crippen LogP contribution in [0.25, 0.3) is 0 Å². The van der Waals surface area contributed by atoms with Gasteiger partial charge in [-0.1, -0.05) is 6.92 Å². The van der Waals surface area contributed by atoms with Gasteiger partial charge in [-0.15, -0.1) is 0 Å². The monoisotopic (exact) mass is 369 g/mol. The van der Waals surface area contributed by atoms with Gasteiger partial charge in [-0.3, -0.25) is 24.0 Å². The Morgan fingerprint density at radius 2 is 1.96 bits per heavy atom. The van der Waals surface area contributed by atoms with E-state index in [-0.39, 0.29) is 18.0 Å². The highest BCUT2D eigenvalue weighted by molar-refractivity contribution is 5.93. The second-order valence-corrected chi connectivity index (χ2v) is 5.47. The zero-order chi connectivity index (χ0) is 19.9. The molecule has 0 aliphatic rings. The molecular formula is C16H20FN3O6. The second-order valence-electron chi connectivity index (χ2n) is 5.47. The predicted molar refractivity (Wildman–Crippen MR) is 89.5 cm³/mol. The van der Waals surface area contributed by atoms with E-state index in [2.05, 4.69) is 10.6 Å². The Kier molecular flexibility index (Phi) is 7.63. The molecule has 1 unspecified atom stereocenters. The first-order valence-electron chi connectivity index (χ1n) is 7.83. The number of Topliss-reactive ketones (excluding diaryl/α,β-unsaturated/α-hetero) is 1. The van der Waals surface area contributed by atoms with Gasteiger partial charge in [-0.05, 0) is 19.1 Å². The Hall–Kier alpha value is -3.04. The molecule has 1 aromatic heterocycles. The van der Waals surface area contributed by atoms with Crippen LogP contribution in [-0.2, 0) is 19.2 Å². The molecular weight excluding hydrogens is 349 g/mol. The highest BCUT2D eigenvalue weighted by Gasteiger charge is 2.26. The van der Waals surface area contributed by atoms with Crippen molar-refractivity contribution in [2.45, 2.75) is 38.8 Å². The quantitative estimate of drug-likeness (QED) is 0.571. The molecule has 0 aliphatic heterocycles. The topological polar surface area (TPSA) is 135 Å². The summed E-state index contributed by atoms with van der Waals surface area (Å²) in [6, 6.07) is 0.158. The Morgan fingerprint density at radius 3 is 2.50 bits per heavy atom. The molecule has 26 heavy (non-hydrogen) atoms. The van der Waals surface area contributed by atoms with Gasteiger partial charge in [0.15, 0.2) is 5.78 Å². The lowest BCUT2D eigenvalue weighted by atomic mass is 10.1. The molecule has 10 heteroatoms. The fourth-order valence-corrected chi connectivity index (χ4v) is 2.08. The van der Waals surface area contributed by atoms with Crippen LogP contribution in [0, 0.1) is 0 Å². The van der Waals surface area contributed by atoms with Crippen LogP contribution in [0.2, 0.25) is 0 Å². The van der Waals surface area contributed by atoms with Gasteiger partial charge in [0.25, 0.3) is 5.56 Å². The second kappa shape index (κ2) is 9.44. The first-order valence-corrected chi connectivity index (χ1v) is 7.83. The SMILES string of the molecule is CCC(=O)Nc1cccn([C@@H](C)C(=O)NC(CC(=O)O)C(=O)CF)c1=O. The minimum absolute atomic E-state index is 0.0269. The largest absolute Gasteiger partial charge is 0.481 e. The Morgan fingerprint density at radius 1 is 1.31 bits per heavy atom. The molecule has 2 amide bonds. The van der Waals surface area contributed by atoms with Crippen molar-refractivity contribution in [1.29, 1.82) is 0 Å². The molecule has 1 aromatic rings. The molecule has 1 rings (SSSR count). The van der Waals surface area contributed by atoms with E-state index in [1.165, 1.54) is 25.3 Å². The summed E-state index contributed by atoms with van der Waals surface area (Å²) in [6.45, 7) is 1.53. The van der Waals surface area contributed by atoms with E-state index in [9.17, 15) is 28.4 Å². The van der Waals surface area contributed by atoms with Crippen molar-refractivity contribution in [1.82, 2.24) is 9.88 Å². The molecule has 0 saturated heterocycles. The van der Waals surface area contributed by atoms with E-state index in [0.29, 0.717) is 0 Å². The van der Waals surface area contributed by atoms with Crippen molar-refractivity contribution in [3.8, 4) is 0 Å². The number of anilines is 1. The summed E-state index contributed by atoms with van der Waals surface area (Å²) >= 11 is 0. The van der Waals surface area contributed by atoms with Crippen molar-refractivity contribution in [3.63, 3.8) is 0 Å². The summed E-state index contributed by atoms with van der Waals surface area (Å²) in [4.78, 5) is 58.3. The molecule has 0 aliphatic carbocycles. The zero-order valence-corrected chi connectivity index (χ0v) is 14.3. The lowest BCUT2D eigenvalue weighted by Gasteiger charge is -2.20. The number of nitrogens with zero attached hydrogens (tertiary/aromatic N) is 1. The van der Waals surface area contributed by atoms with E-state index in [4.69, 9.17) is 5.11 Å². The van der Waals surface area contributed by atoms with Crippen LogP contribution >= 0.6 is 0 Å². The number of pyridine rings is 1. The summed E-state index contributed by atoms with van der Waals surface area (Å²) in [5.41, 5.74) is -0.676. The normalized spacial score (nSPS) is 12.7. The molecule has 0 bridgehead atoms. The molecule has 0 radical (unpaired) electrons. The third-order valence-electron chi connectivity index (χ3n) is 3.58. The molecule has 0 aromatic carbocycles. The number of amides is 2. The number of carbonyl (C=O) groups excluding carboxylic acids is 3. The van der Waals surface area contributed by atoms with Gasteiger partial charge < -0.3 is 20.3 Å². The standard InChI is InChI=1S/C16H20FN3O6/c1-3-13(22)18-10-5-4-6-20(16(10)26)9(2)15(25)19-11(7-14(23)24)12(21)8-17/h4-6,9,11H,3,7-8H2,1-2H3,(H,18,22)(H,19,25)(H,23,24)/t9-,11?/m0/s1. The number of carbonyl (C=O) groups is 4. The zero-order valence-electron chi connectivity index (χ0n) is 14.3. The van der Waals surface area contributed by atoms with E-state index < -0.39 is 48.4 Å². The van der Waals surface area contributed by atoms with Gasteiger partial charge in [0, 0.05) is 12.6 Å². The lowest BCUT2D eigenvalue weighted by Crippen LogP contribution is -2.46. The number of aromatic nitrogens is 1. The molecule has 1 heterocycles. The maximum atomic E-state index is 12.5. The number of nitrogens with one attached hydrogen (secondary N) is 2. The number of hydrogen-bond donors (Lipinski definition) is 3.